The molecular formula is C11H23NOS. The van der Waals surface area contributed by atoms with Gasteiger partial charge in [-0.3, -0.25) is 0 Å². The van der Waals surface area contributed by atoms with E-state index >= 15 is 0 Å². The summed E-state index contributed by atoms with van der Waals surface area (Å²) >= 11 is 2.08. The minimum absolute atomic E-state index is 0.166. The fourth-order valence-electron chi connectivity index (χ4n) is 2.05. The Labute approximate surface area is 91.9 Å². The van der Waals surface area contributed by atoms with Crippen LogP contribution in [0.2, 0.25) is 0 Å². The Bertz CT molecular complexity index is 152. The Kier molecular flexibility index (Phi) is 5.90. The van der Waals surface area contributed by atoms with Crippen LogP contribution in [0.1, 0.15) is 39.5 Å². The molecule has 84 valence electrons. The Hall–Kier alpha value is 0.270. The van der Waals surface area contributed by atoms with Crippen LogP contribution < -0.4 is 5.32 Å². The molecule has 3 heteroatoms. The average Bonchev–Trinajstić information content (AvgIpc) is 2.53. The fourth-order valence-corrected chi connectivity index (χ4v) is 3.28. The Morgan fingerprint density at radius 3 is 2.93 bits per heavy atom. The lowest BCUT2D eigenvalue weighted by molar-refractivity contribution is 0.182. The van der Waals surface area contributed by atoms with Crippen LogP contribution in [-0.4, -0.2) is 34.8 Å². The lowest BCUT2D eigenvalue weighted by atomic mass is 10.2. The van der Waals surface area contributed by atoms with Crippen molar-refractivity contribution in [2.45, 2.75) is 56.9 Å². The zero-order valence-electron chi connectivity index (χ0n) is 9.33. The van der Waals surface area contributed by atoms with Gasteiger partial charge in [0.15, 0.2) is 0 Å². The largest absolute Gasteiger partial charge is 0.393 e. The highest BCUT2D eigenvalue weighted by molar-refractivity contribution is 7.99. The summed E-state index contributed by atoms with van der Waals surface area (Å²) in [5.74, 6) is 1.22. The van der Waals surface area contributed by atoms with Crippen molar-refractivity contribution in [3.05, 3.63) is 0 Å². The van der Waals surface area contributed by atoms with Crippen LogP contribution in [-0.2, 0) is 0 Å². The minimum atomic E-state index is -0.166. The molecule has 1 rings (SSSR count). The van der Waals surface area contributed by atoms with E-state index in [1.54, 1.807) is 0 Å². The molecule has 1 aliphatic carbocycles. The van der Waals surface area contributed by atoms with Gasteiger partial charge in [-0.1, -0.05) is 13.3 Å². The van der Waals surface area contributed by atoms with E-state index in [-0.39, 0.29) is 6.10 Å². The molecule has 0 saturated heterocycles. The Morgan fingerprint density at radius 1 is 1.50 bits per heavy atom. The van der Waals surface area contributed by atoms with Gasteiger partial charge in [0.1, 0.15) is 0 Å². The van der Waals surface area contributed by atoms with Crippen LogP contribution in [0.3, 0.4) is 0 Å². The van der Waals surface area contributed by atoms with Crippen LogP contribution in [0.25, 0.3) is 0 Å². The van der Waals surface area contributed by atoms with Crippen LogP contribution in [0, 0.1) is 0 Å². The topological polar surface area (TPSA) is 32.3 Å². The van der Waals surface area contributed by atoms with Gasteiger partial charge >= 0.3 is 0 Å². The third-order valence-electron chi connectivity index (χ3n) is 2.80. The van der Waals surface area contributed by atoms with Gasteiger partial charge in [-0.2, -0.15) is 11.8 Å². The lowest BCUT2D eigenvalue weighted by Crippen LogP contribution is -2.35. The lowest BCUT2D eigenvalue weighted by Gasteiger charge is -2.20. The highest BCUT2D eigenvalue weighted by Crippen LogP contribution is 2.29. The van der Waals surface area contributed by atoms with Crippen molar-refractivity contribution in [2.24, 2.45) is 0 Å². The van der Waals surface area contributed by atoms with E-state index in [1.165, 1.54) is 25.0 Å². The predicted molar refractivity (Wildman–Crippen MR) is 63.9 cm³/mol. The second kappa shape index (κ2) is 6.70. The summed E-state index contributed by atoms with van der Waals surface area (Å²) in [6, 6.07) is 0.693. The minimum Gasteiger partial charge on any atom is -0.393 e. The smallest absolute Gasteiger partial charge is 0.0524 e. The van der Waals surface area contributed by atoms with Gasteiger partial charge in [0, 0.05) is 11.3 Å². The summed E-state index contributed by atoms with van der Waals surface area (Å²) in [6.07, 6.45) is 4.76. The maximum Gasteiger partial charge on any atom is 0.0524 e. The van der Waals surface area contributed by atoms with Gasteiger partial charge in [0.2, 0.25) is 0 Å². The maximum atomic E-state index is 9.15. The molecule has 1 fully saturated rings. The van der Waals surface area contributed by atoms with Gasteiger partial charge in [0.25, 0.3) is 0 Å². The zero-order chi connectivity index (χ0) is 10.4. The number of nitrogens with one attached hydrogen (secondary N) is 1. The Morgan fingerprint density at radius 2 is 2.29 bits per heavy atom. The first kappa shape index (κ1) is 12.3. The molecule has 0 heterocycles. The van der Waals surface area contributed by atoms with Crippen LogP contribution in [0.4, 0.5) is 0 Å². The number of rotatable bonds is 6. The maximum absolute atomic E-state index is 9.15. The summed E-state index contributed by atoms with van der Waals surface area (Å²) in [5.41, 5.74) is 0. The van der Waals surface area contributed by atoms with Gasteiger partial charge in [0.05, 0.1) is 6.10 Å². The molecule has 1 saturated carbocycles. The predicted octanol–water partition coefficient (Wildman–Crippen LogP) is 2.02. The molecule has 3 unspecified atom stereocenters. The SMILES string of the molecule is CCSC1CCCC1NCCC(C)O. The molecule has 3 atom stereocenters. The molecule has 0 aromatic carbocycles. The molecule has 0 aromatic rings. The van der Waals surface area contributed by atoms with Crippen molar-refractivity contribution in [1.29, 1.82) is 0 Å². The number of aliphatic hydroxyl groups excluding tert-OH is 1. The standard InChI is InChI=1S/C11H23NOS/c1-3-14-11-6-4-5-10(11)12-8-7-9(2)13/h9-13H,3-8H2,1-2H3. The molecular weight excluding hydrogens is 194 g/mol. The van der Waals surface area contributed by atoms with Gasteiger partial charge in [-0.05, 0) is 38.5 Å². The highest BCUT2D eigenvalue weighted by atomic mass is 32.2. The fraction of sp³-hybridized carbons (Fsp3) is 1.00. The van der Waals surface area contributed by atoms with E-state index in [4.69, 9.17) is 5.11 Å². The molecule has 0 bridgehead atoms. The molecule has 0 spiro atoms. The normalized spacial score (nSPS) is 29.4. The van der Waals surface area contributed by atoms with E-state index in [0.29, 0.717) is 6.04 Å². The summed E-state index contributed by atoms with van der Waals surface area (Å²) < 4.78 is 0. The first-order chi connectivity index (χ1) is 6.74. The van der Waals surface area contributed by atoms with Crippen molar-refractivity contribution in [3.8, 4) is 0 Å². The molecule has 0 aliphatic heterocycles. The summed E-state index contributed by atoms with van der Waals surface area (Å²) in [4.78, 5) is 0. The highest BCUT2D eigenvalue weighted by Gasteiger charge is 2.26. The summed E-state index contributed by atoms with van der Waals surface area (Å²) in [6.45, 7) is 5.05. The van der Waals surface area contributed by atoms with E-state index in [9.17, 15) is 0 Å². The number of hydrogen-bond donors (Lipinski definition) is 2. The molecule has 0 aromatic heterocycles. The molecule has 2 N–H and O–H groups in total. The van der Waals surface area contributed by atoms with E-state index < -0.39 is 0 Å². The number of thioether (sulfide) groups is 1. The number of aliphatic hydroxyl groups is 1. The molecule has 14 heavy (non-hydrogen) atoms. The average molecular weight is 217 g/mol. The summed E-state index contributed by atoms with van der Waals surface area (Å²) in [5, 5.41) is 13.5. The van der Waals surface area contributed by atoms with Crippen LogP contribution in [0.15, 0.2) is 0 Å². The zero-order valence-corrected chi connectivity index (χ0v) is 10.1. The van der Waals surface area contributed by atoms with E-state index in [2.05, 4.69) is 24.0 Å². The molecule has 0 radical (unpaired) electrons. The summed E-state index contributed by atoms with van der Waals surface area (Å²) in [7, 11) is 0. The van der Waals surface area contributed by atoms with Crippen LogP contribution >= 0.6 is 11.8 Å². The van der Waals surface area contributed by atoms with Gasteiger partial charge < -0.3 is 10.4 Å². The number of hydrogen-bond acceptors (Lipinski definition) is 3. The second-order valence-corrected chi connectivity index (χ2v) is 5.64. The van der Waals surface area contributed by atoms with Crippen molar-refractivity contribution in [2.75, 3.05) is 12.3 Å². The first-order valence-corrected chi connectivity index (χ1v) is 6.82. The Balaban J connectivity index is 2.15. The molecule has 1 aliphatic rings. The third kappa shape index (κ3) is 4.20. The van der Waals surface area contributed by atoms with E-state index in [0.717, 1.165) is 18.2 Å². The van der Waals surface area contributed by atoms with Crippen molar-refractivity contribution in [1.82, 2.24) is 5.32 Å². The van der Waals surface area contributed by atoms with Crippen molar-refractivity contribution >= 4 is 11.8 Å². The quantitative estimate of drug-likeness (QED) is 0.714. The molecule has 0 amide bonds. The van der Waals surface area contributed by atoms with Crippen molar-refractivity contribution in [3.63, 3.8) is 0 Å². The van der Waals surface area contributed by atoms with Gasteiger partial charge in [-0.15, -0.1) is 0 Å². The molecule has 2 nitrogen and oxygen atoms in total. The van der Waals surface area contributed by atoms with Crippen LogP contribution in [0.5, 0.6) is 0 Å². The van der Waals surface area contributed by atoms with Crippen molar-refractivity contribution < 1.29 is 5.11 Å². The van der Waals surface area contributed by atoms with Gasteiger partial charge in [-0.25, -0.2) is 0 Å². The second-order valence-electron chi connectivity index (χ2n) is 4.12. The monoisotopic (exact) mass is 217 g/mol. The first-order valence-electron chi connectivity index (χ1n) is 5.77. The van der Waals surface area contributed by atoms with E-state index in [1.807, 2.05) is 6.92 Å². The third-order valence-corrected chi connectivity index (χ3v) is 4.13.